The summed E-state index contributed by atoms with van der Waals surface area (Å²) in [5, 5.41) is 4.96. The van der Waals surface area contributed by atoms with Gasteiger partial charge in [0.15, 0.2) is 0 Å². The average Bonchev–Trinajstić information content (AvgIpc) is 2.93. The van der Waals surface area contributed by atoms with Crippen molar-refractivity contribution < 1.29 is 8.42 Å². The molecule has 1 unspecified atom stereocenters. The Balaban J connectivity index is 2.07. The second kappa shape index (κ2) is 6.83. The number of sulfonamides is 1. The van der Waals surface area contributed by atoms with Gasteiger partial charge in [-0.25, -0.2) is 13.1 Å². The van der Waals surface area contributed by atoms with E-state index in [1.807, 2.05) is 17.5 Å². The van der Waals surface area contributed by atoms with Gasteiger partial charge in [0.05, 0.1) is 11.3 Å². The maximum atomic E-state index is 12.4. The van der Waals surface area contributed by atoms with Crippen LogP contribution in [0.1, 0.15) is 43.5 Å². The molecule has 2 rings (SSSR count). The third-order valence-corrected chi connectivity index (χ3v) is 6.44. The van der Waals surface area contributed by atoms with Crippen LogP contribution >= 0.6 is 11.3 Å². The molecule has 0 amide bonds. The number of hydrogen-bond donors (Lipinski definition) is 2. The molecule has 2 heterocycles. The van der Waals surface area contributed by atoms with Crippen LogP contribution in [0.4, 0.5) is 0 Å². The first kappa shape index (κ1) is 15.0. The number of piperidine rings is 1. The van der Waals surface area contributed by atoms with E-state index in [2.05, 4.69) is 17.0 Å². The van der Waals surface area contributed by atoms with Crippen LogP contribution in [-0.2, 0) is 10.0 Å². The van der Waals surface area contributed by atoms with Crippen molar-refractivity contribution in [2.24, 2.45) is 0 Å². The first-order chi connectivity index (χ1) is 9.13. The predicted octanol–water partition coefficient (Wildman–Crippen LogP) is 2.26. The lowest BCUT2D eigenvalue weighted by molar-refractivity contribution is 0.477. The molecule has 0 aromatic carbocycles. The second-order valence-electron chi connectivity index (χ2n) is 4.97. The van der Waals surface area contributed by atoms with E-state index in [9.17, 15) is 8.42 Å². The Morgan fingerprint density at radius 2 is 2.21 bits per heavy atom. The first-order valence-electron chi connectivity index (χ1n) is 6.88. The zero-order chi connectivity index (χ0) is 13.7. The quantitative estimate of drug-likeness (QED) is 0.847. The van der Waals surface area contributed by atoms with Gasteiger partial charge < -0.3 is 5.32 Å². The highest BCUT2D eigenvalue weighted by molar-refractivity contribution is 7.90. The van der Waals surface area contributed by atoms with Crippen LogP contribution in [0.15, 0.2) is 17.5 Å². The Morgan fingerprint density at radius 3 is 2.79 bits per heavy atom. The number of nitrogens with one attached hydrogen (secondary N) is 2. The minimum absolute atomic E-state index is 0.0649. The summed E-state index contributed by atoms with van der Waals surface area (Å²) in [5.74, 6) is 0. The minimum Gasteiger partial charge on any atom is -0.317 e. The molecule has 1 atom stereocenters. The van der Waals surface area contributed by atoms with E-state index >= 15 is 0 Å². The van der Waals surface area contributed by atoms with Crippen molar-refractivity contribution in [1.82, 2.24) is 10.0 Å². The Labute approximate surface area is 119 Å². The summed E-state index contributed by atoms with van der Waals surface area (Å²) in [6.45, 7) is 3.67. The molecule has 0 bridgehead atoms. The first-order valence-corrected chi connectivity index (χ1v) is 9.31. The molecule has 1 saturated heterocycles. The van der Waals surface area contributed by atoms with Gasteiger partial charge in [-0.2, -0.15) is 0 Å². The fourth-order valence-electron chi connectivity index (χ4n) is 2.44. The lowest BCUT2D eigenvalue weighted by Gasteiger charge is -2.25. The Kier molecular flexibility index (Phi) is 5.38. The van der Waals surface area contributed by atoms with Crippen molar-refractivity contribution in [3.8, 4) is 0 Å². The molecule has 1 aliphatic rings. The molecule has 1 fully saturated rings. The van der Waals surface area contributed by atoms with Gasteiger partial charge >= 0.3 is 0 Å². The van der Waals surface area contributed by atoms with Crippen molar-refractivity contribution in [3.63, 3.8) is 0 Å². The Bertz CT molecular complexity index is 465. The van der Waals surface area contributed by atoms with Crippen molar-refractivity contribution >= 4 is 21.4 Å². The summed E-state index contributed by atoms with van der Waals surface area (Å²) < 4.78 is 27.8. The highest BCUT2D eigenvalue weighted by Crippen LogP contribution is 2.25. The highest BCUT2D eigenvalue weighted by atomic mass is 32.2. The molecule has 1 aromatic rings. The van der Waals surface area contributed by atoms with Crippen LogP contribution in [0.2, 0.25) is 0 Å². The van der Waals surface area contributed by atoms with E-state index < -0.39 is 10.0 Å². The molecule has 2 N–H and O–H groups in total. The van der Waals surface area contributed by atoms with Crippen molar-refractivity contribution in [1.29, 1.82) is 0 Å². The molecule has 0 radical (unpaired) electrons. The van der Waals surface area contributed by atoms with E-state index in [1.54, 1.807) is 11.3 Å². The van der Waals surface area contributed by atoms with E-state index in [1.165, 1.54) is 0 Å². The normalized spacial score (nSPS) is 19.4. The van der Waals surface area contributed by atoms with Crippen molar-refractivity contribution in [2.75, 3.05) is 13.1 Å². The summed E-state index contributed by atoms with van der Waals surface area (Å²) in [7, 11) is -3.21. The van der Waals surface area contributed by atoms with E-state index in [0.717, 1.165) is 30.8 Å². The van der Waals surface area contributed by atoms with Gasteiger partial charge in [-0.1, -0.05) is 19.4 Å². The molecule has 0 saturated carbocycles. The molecule has 108 valence electrons. The number of thiophene rings is 1. The smallest absolute Gasteiger partial charge is 0.215 e. The van der Waals surface area contributed by atoms with Crippen LogP contribution in [0.5, 0.6) is 0 Å². The fraction of sp³-hybridized carbons (Fsp3) is 0.692. The van der Waals surface area contributed by atoms with Gasteiger partial charge in [-0.05, 0) is 43.8 Å². The molecule has 0 aliphatic carbocycles. The predicted molar refractivity (Wildman–Crippen MR) is 79.9 cm³/mol. The minimum atomic E-state index is -3.21. The molecular weight excluding hydrogens is 280 g/mol. The SMILES string of the molecule is CCCC(NS(=O)(=O)C1CCNCC1)c1cccs1. The van der Waals surface area contributed by atoms with Gasteiger partial charge in [0, 0.05) is 4.88 Å². The maximum absolute atomic E-state index is 12.4. The lowest BCUT2D eigenvalue weighted by atomic mass is 10.1. The van der Waals surface area contributed by atoms with Crippen molar-refractivity contribution in [2.45, 2.75) is 43.9 Å². The highest BCUT2D eigenvalue weighted by Gasteiger charge is 2.29. The molecule has 1 aliphatic heterocycles. The van der Waals surface area contributed by atoms with Crippen LogP contribution in [0.25, 0.3) is 0 Å². The zero-order valence-electron chi connectivity index (χ0n) is 11.3. The van der Waals surface area contributed by atoms with Gasteiger partial charge in [0.25, 0.3) is 0 Å². The number of rotatable bonds is 6. The zero-order valence-corrected chi connectivity index (χ0v) is 12.9. The molecule has 19 heavy (non-hydrogen) atoms. The average molecular weight is 302 g/mol. The lowest BCUT2D eigenvalue weighted by Crippen LogP contribution is -2.42. The van der Waals surface area contributed by atoms with E-state index in [0.29, 0.717) is 12.8 Å². The van der Waals surface area contributed by atoms with Gasteiger partial charge in [0.1, 0.15) is 0 Å². The fourth-order valence-corrected chi connectivity index (χ4v) is 5.01. The third kappa shape index (κ3) is 4.02. The van der Waals surface area contributed by atoms with Crippen LogP contribution in [0.3, 0.4) is 0 Å². The van der Waals surface area contributed by atoms with Crippen LogP contribution in [0, 0.1) is 0 Å². The largest absolute Gasteiger partial charge is 0.317 e. The monoisotopic (exact) mass is 302 g/mol. The van der Waals surface area contributed by atoms with E-state index in [4.69, 9.17) is 0 Å². The number of hydrogen-bond acceptors (Lipinski definition) is 4. The molecule has 1 aromatic heterocycles. The molecule has 0 spiro atoms. The second-order valence-corrected chi connectivity index (χ2v) is 7.94. The summed E-state index contributed by atoms with van der Waals surface area (Å²) in [4.78, 5) is 1.11. The van der Waals surface area contributed by atoms with Gasteiger partial charge in [-0.3, -0.25) is 0 Å². The standard InChI is InChI=1S/C13H22N2O2S2/c1-2-4-12(13-5-3-10-18-13)15-19(16,17)11-6-8-14-9-7-11/h3,5,10-12,14-15H,2,4,6-9H2,1H3. The molecular formula is C13H22N2O2S2. The molecule has 6 heteroatoms. The van der Waals surface area contributed by atoms with Gasteiger partial charge in [0.2, 0.25) is 10.0 Å². The molecule has 4 nitrogen and oxygen atoms in total. The third-order valence-electron chi connectivity index (χ3n) is 3.50. The summed E-state index contributed by atoms with van der Waals surface area (Å²) >= 11 is 1.62. The van der Waals surface area contributed by atoms with Crippen LogP contribution < -0.4 is 10.0 Å². The summed E-state index contributed by atoms with van der Waals surface area (Å²) in [5.41, 5.74) is 0. The topological polar surface area (TPSA) is 58.2 Å². The van der Waals surface area contributed by atoms with Crippen molar-refractivity contribution in [3.05, 3.63) is 22.4 Å². The van der Waals surface area contributed by atoms with Crippen LogP contribution in [-0.4, -0.2) is 26.8 Å². The van der Waals surface area contributed by atoms with E-state index in [-0.39, 0.29) is 11.3 Å². The Hall–Kier alpha value is -0.430. The summed E-state index contributed by atoms with van der Waals surface area (Å²) in [6.07, 6.45) is 3.24. The van der Waals surface area contributed by atoms with Gasteiger partial charge in [-0.15, -0.1) is 11.3 Å². The summed E-state index contributed by atoms with van der Waals surface area (Å²) in [6, 6.07) is 3.92. The maximum Gasteiger partial charge on any atom is 0.215 e. The Morgan fingerprint density at radius 1 is 1.47 bits per heavy atom.